The highest BCUT2D eigenvalue weighted by Gasteiger charge is 2.33. The van der Waals surface area contributed by atoms with Crippen LogP contribution in [0.4, 0.5) is 10.5 Å². The van der Waals surface area contributed by atoms with Gasteiger partial charge in [0.15, 0.2) is 0 Å². The molecule has 1 aliphatic carbocycles. The molecule has 9 heteroatoms. The molecule has 0 saturated heterocycles. The van der Waals surface area contributed by atoms with Crippen LogP contribution in [0, 0.1) is 0 Å². The molecule has 1 aliphatic rings. The number of benzene rings is 2. The number of carbonyl (C=O) groups excluding carboxylic acids is 2. The SMILES string of the molecule is CC(C)NC(=O)[C@H](CCN(CCCC(=O)O)C1CCCc2ccccc21)N(C(N)=O)c1ccc(Br)cc1. The van der Waals surface area contributed by atoms with Crippen molar-refractivity contribution in [1.82, 2.24) is 10.2 Å². The second-order valence-corrected chi connectivity index (χ2v) is 10.7. The van der Waals surface area contributed by atoms with Crippen LogP contribution in [0.3, 0.4) is 0 Å². The third kappa shape index (κ3) is 8.04. The number of rotatable bonds is 12. The number of fused-ring (bicyclic) bond motifs is 1. The van der Waals surface area contributed by atoms with Gasteiger partial charge in [-0.3, -0.25) is 19.4 Å². The van der Waals surface area contributed by atoms with E-state index in [1.165, 1.54) is 16.0 Å². The highest BCUT2D eigenvalue weighted by molar-refractivity contribution is 9.10. The number of hydrogen-bond donors (Lipinski definition) is 3. The van der Waals surface area contributed by atoms with Gasteiger partial charge in [0.1, 0.15) is 6.04 Å². The van der Waals surface area contributed by atoms with E-state index in [-0.39, 0.29) is 24.4 Å². The summed E-state index contributed by atoms with van der Waals surface area (Å²) >= 11 is 3.41. The van der Waals surface area contributed by atoms with Crippen molar-refractivity contribution in [3.05, 3.63) is 64.1 Å². The van der Waals surface area contributed by atoms with E-state index < -0.39 is 18.0 Å². The van der Waals surface area contributed by atoms with Crippen LogP contribution in [0.15, 0.2) is 53.0 Å². The molecule has 0 aromatic heterocycles. The molecule has 3 rings (SSSR count). The molecule has 0 spiro atoms. The van der Waals surface area contributed by atoms with Crippen LogP contribution in [-0.2, 0) is 16.0 Å². The Hall–Kier alpha value is -2.91. The molecule has 8 nitrogen and oxygen atoms in total. The number of amides is 3. The van der Waals surface area contributed by atoms with E-state index in [9.17, 15) is 19.5 Å². The van der Waals surface area contributed by atoms with Crippen LogP contribution in [-0.4, -0.2) is 53.1 Å². The maximum absolute atomic E-state index is 13.4. The summed E-state index contributed by atoms with van der Waals surface area (Å²) in [5.74, 6) is -1.10. The Morgan fingerprint density at radius 2 is 1.81 bits per heavy atom. The summed E-state index contributed by atoms with van der Waals surface area (Å²) < 4.78 is 0.851. The van der Waals surface area contributed by atoms with Crippen molar-refractivity contribution in [1.29, 1.82) is 0 Å². The van der Waals surface area contributed by atoms with Crippen LogP contribution in [0.5, 0.6) is 0 Å². The third-order valence-corrected chi connectivity index (χ3v) is 7.22. The number of aryl methyl sites for hydroxylation is 1. The van der Waals surface area contributed by atoms with E-state index in [2.05, 4.69) is 38.3 Å². The van der Waals surface area contributed by atoms with Crippen LogP contribution in [0.2, 0.25) is 0 Å². The highest BCUT2D eigenvalue weighted by atomic mass is 79.9. The molecule has 0 heterocycles. The number of carbonyl (C=O) groups is 3. The number of nitrogens with two attached hydrogens (primary N) is 1. The molecule has 2 atom stereocenters. The second kappa shape index (κ2) is 13.6. The molecular weight excluding hydrogens is 536 g/mol. The fourth-order valence-corrected chi connectivity index (χ4v) is 5.34. The van der Waals surface area contributed by atoms with Gasteiger partial charge in [-0.15, -0.1) is 0 Å². The fraction of sp³-hybridized carbons (Fsp3) is 0.464. The van der Waals surface area contributed by atoms with Gasteiger partial charge in [-0.1, -0.05) is 40.2 Å². The predicted molar refractivity (Wildman–Crippen MR) is 148 cm³/mol. The van der Waals surface area contributed by atoms with E-state index in [0.717, 1.165) is 23.7 Å². The zero-order valence-electron chi connectivity index (χ0n) is 21.5. The Morgan fingerprint density at radius 3 is 2.46 bits per heavy atom. The normalized spacial score (nSPS) is 15.8. The lowest BCUT2D eigenvalue weighted by Gasteiger charge is -2.38. The van der Waals surface area contributed by atoms with Gasteiger partial charge in [-0.2, -0.15) is 0 Å². The molecule has 1 unspecified atom stereocenters. The number of carboxylic acid groups (broad SMARTS) is 1. The Bertz CT molecular complexity index is 1080. The number of nitrogens with one attached hydrogen (secondary N) is 1. The van der Waals surface area contributed by atoms with Crippen LogP contribution in [0.25, 0.3) is 0 Å². The quantitative estimate of drug-likeness (QED) is 0.336. The van der Waals surface area contributed by atoms with Crippen molar-refractivity contribution in [2.24, 2.45) is 5.73 Å². The molecule has 4 N–H and O–H groups in total. The summed E-state index contributed by atoms with van der Waals surface area (Å²) in [4.78, 5) is 40.9. The maximum atomic E-state index is 13.4. The van der Waals surface area contributed by atoms with E-state index in [1.807, 2.05) is 26.0 Å². The average Bonchev–Trinajstić information content (AvgIpc) is 2.85. The largest absolute Gasteiger partial charge is 0.481 e. The molecule has 2 aromatic carbocycles. The first-order valence-electron chi connectivity index (χ1n) is 12.9. The molecule has 0 radical (unpaired) electrons. The predicted octanol–water partition coefficient (Wildman–Crippen LogP) is 4.86. The van der Waals surface area contributed by atoms with E-state index in [0.29, 0.717) is 31.6 Å². The van der Waals surface area contributed by atoms with Crippen molar-refractivity contribution in [3.8, 4) is 0 Å². The van der Waals surface area contributed by atoms with Gasteiger partial charge in [-0.25, -0.2) is 4.79 Å². The van der Waals surface area contributed by atoms with Gasteiger partial charge in [0.05, 0.1) is 0 Å². The standard InChI is InChI=1S/C28H37BrN4O4/c1-19(2)31-27(36)25(33(28(30)37)22-14-12-21(29)13-15-22)16-18-32(17-6-11-26(34)35)24-10-5-8-20-7-3-4-9-23(20)24/h3-4,7,9,12-15,19,24-25H,5-6,8,10-11,16-18H2,1-2H3,(H2,30,37)(H,31,36)(H,34,35)/t24?,25-/m0/s1. The Morgan fingerprint density at radius 1 is 1.11 bits per heavy atom. The smallest absolute Gasteiger partial charge is 0.320 e. The number of aliphatic carboxylic acids is 1. The third-order valence-electron chi connectivity index (χ3n) is 6.69. The second-order valence-electron chi connectivity index (χ2n) is 9.79. The molecule has 0 aliphatic heterocycles. The van der Waals surface area contributed by atoms with Gasteiger partial charge in [0.25, 0.3) is 0 Å². The molecule has 37 heavy (non-hydrogen) atoms. The van der Waals surface area contributed by atoms with Gasteiger partial charge in [0.2, 0.25) is 5.91 Å². The lowest BCUT2D eigenvalue weighted by molar-refractivity contribution is -0.137. The Balaban J connectivity index is 1.90. The first-order valence-corrected chi connectivity index (χ1v) is 13.6. The Labute approximate surface area is 227 Å². The highest BCUT2D eigenvalue weighted by Crippen LogP contribution is 2.35. The summed E-state index contributed by atoms with van der Waals surface area (Å²) in [6.45, 7) is 4.84. The fourth-order valence-electron chi connectivity index (χ4n) is 5.07. The lowest BCUT2D eigenvalue weighted by atomic mass is 9.86. The molecule has 0 saturated carbocycles. The summed E-state index contributed by atoms with van der Waals surface area (Å²) in [6.07, 6.45) is 3.95. The van der Waals surface area contributed by atoms with Crippen molar-refractivity contribution < 1.29 is 19.5 Å². The maximum Gasteiger partial charge on any atom is 0.320 e. The first kappa shape index (κ1) is 28.7. The van der Waals surface area contributed by atoms with Gasteiger partial charge in [0, 0.05) is 35.2 Å². The van der Waals surface area contributed by atoms with Crippen molar-refractivity contribution in [2.75, 3.05) is 18.0 Å². The van der Waals surface area contributed by atoms with Crippen LogP contribution >= 0.6 is 15.9 Å². The summed E-state index contributed by atoms with van der Waals surface area (Å²) in [5, 5.41) is 12.2. The van der Waals surface area contributed by atoms with E-state index in [1.54, 1.807) is 24.3 Å². The van der Waals surface area contributed by atoms with Gasteiger partial charge >= 0.3 is 12.0 Å². The molecule has 200 valence electrons. The van der Waals surface area contributed by atoms with Crippen molar-refractivity contribution in [2.45, 2.75) is 70.5 Å². The molecular formula is C28H37BrN4O4. The summed E-state index contributed by atoms with van der Waals surface area (Å²) in [7, 11) is 0. The number of urea groups is 1. The minimum Gasteiger partial charge on any atom is -0.481 e. The molecule has 2 aromatic rings. The van der Waals surface area contributed by atoms with Crippen LogP contribution < -0.4 is 16.0 Å². The zero-order chi connectivity index (χ0) is 26.9. The number of carboxylic acids is 1. The number of anilines is 1. The summed E-state index contributed by atoms with van der Waals surface area (Å²) in [6, 6.07) is 14.0. The van der Waals surface area contributed by atoms with E-state index in [4.69, 9.17) is 5.73 Å². The van der Waals surface area contributed by atoms with Gasteiger partial charge < -0.3 is 16.2 Å². The Kier molecular flexibility index (Phi) is 10.5. The monoisotopic (exact) mass is 572 g/mol. The summed E-state index contributed by atoms with van der Waals surface area (Å²) in [5.41, 5.74) is 8.93. The number of hydrogen-bond acceptors (Lipinski definition) is 4. The minimum absolute atomic E-state index is 0.0778. The van der Waals surface area contributed by atoms with Crippen molar-refractivity contribution >= 4 is 39.5 Å². The number of nitrogens with zero attached hydrogens (tertiary/aromatic N) is 2. The number of primary amides is 1. The van der Waals surface area contributed by atoms with Crippen LogP contribution in [0.1, 0.15) is 63.1 Å². The lowest BCUT2D eigenvalue weighted by Crippen LogP contribution is -2.54. The van der Waals surface area contributed by atoms with Crippen molar-refractivity contribution in [3.63, 3.8) is 0 Å². The molecule has 0 fully saturated rings. The number of halogens is 1. The van der Waals surface area contributed by atoms with E-state index >= 15 is 0 Å². The zero-order valence-corrected chi connectivity index (χ0v) is 23.1. The van der Waals surface area contributed by atoms with Gasteiger partial charge in [-0.05, 0) is 87.9 Å². The first-order chi connectivity index (χ1) is 17.7. The molecule has 0 bridgehead atoms. The topological polar surface area (TPSA) is 116 Å². The molecule has 3 amide bonds. The minimum atomic E-state index is -0.826. The average molecular weight is 574 g/mol.